The normalized spacial score (nSPS) is 18.3. The molecule has 0 saturated carbocycles. The summed E-state index contributed by atoms with van der Waals surface area (Å²) in [6.45, 7) is 7.93. The van der Waals surface area contributed by atoms with Crippen molar-refractivity contribution in [2.75, 3.05) is 24.5 Å². The number of hydrogen-bond donors (Lipinski definition) is 1. The molecule has 0 bridgehead atoms. The molecular formula is C12H21N3S. The van der Waals surface area contributed by atoms with Crippen LogP contribution in [0.25, 0.3) is 0 Å². The molecule has 2 heterocycles. The van der Waals surface area contributed by atoms with Crippen LogP contribution in [0, 0.1) is 5.92 Å². The number of aromatic nitrogens is 1. The Kier molecular flexibility index (Phi) is 4.18. The van der Waals surface area contributed by atoms with Gasteiger partial charge in [0.05, 0.1) is 0 Å². The molecule has 0 aliphatic carbocycles. The fourth-order valence-corrected chi connectivity index (χ4v) is 2.80. The van der Waals surface area contributed by atoms with Crippen molar-refractivity contribution in [2.24, 2.45) is 5.92 Å². The standard InChI is InChI=1S/C12H21N3S/c1-10(2)14-9-11-3-6-15(7-4-11)12-13-5-8-16-12/h5,8,10-11,14H,3-4,6-7,9H2,1-2H3. The SMILES string of the molecule is CC(C)NCC1CCN(c2nccs2)CC1. The molecule has 1 aliphatic rings. The smallest absolute Gasteiger partial charge is 0.185 e. The summed E-state index contributed by atoms with van der Waals surface area (Å²) in [7, 11) is 0. The van der Waals surface area contributed by atoms with Crippen LogP contribution in [0.5, 0.6) is 0 Å². The summed E-state index contributed by atoms with van der Waals surface area (Å²) in [5.74, 6) is 0.846. The van der Waals surface area contributed by atoms with Gasteiger partial charge < -0.3 is 10.2 Å². The zero-order valence-electron chi connectivity index (χ0n) is 10.1. The number of nitrogens with one attached hydrogen (secondary N) is 1. The molecule has 1 N–H and O–H groups in total. The van der Waals surface area contributed by atoms with Crippen molar-refractivity contribution in [3.8, 4) is 0 Å². The minimum atomic E-state index is 0.608. The molecule has 1 saturated heterocycles. The number of rotatable bonds is 4. The lowest BCUT2D eigenvalue weighted by Gasteiger charge is -2.32. The van der Waals surface area contributed by atoms with Crippen molar-refractivity contribution >= 4 is 16.5 Å². The number of nitrogens with zero attached hydrogens (tertiary/aromatic N) is 2. The van der Waals surface area contributed by atoms with E-state index in [0.29, 0.717) is 6.04 Å². The zero-order chi connectivity index (χ0) is 11.4. The van der Waals surface area contributed by atoms with E-state index in [-0.39, 0.29) is 0 Å². The van der Waals surface area contributed by atoms with Gasteiger partial charge in [-0.25, -0.2) is 4.98 Å². The maximum atomic E-state index is 4.37. The summed E-state index contributed by atoms with van der Waals surface area (Å²) in [5, 5.41) is 6.78. The van der Waals surface area contributed by atoms with E-state index in [1.807, 2.05) is 6.20 Å². The molecule has 1 aromatic rings. The van der Waals surface area contributed by atoms with Gasteiger partial charge in [0.2, 0.25) is 0 Å². The third-order valence-corrected chi connectivity index (χ3v) is 3.95. The molecule has 0 spiro atoms. The highest BCUT2D eigenvalue weighted by Crippen LogP contribution is 2.24. The van der Waals surface area contributed by atoms with E-state index in [1.165, 1.54) is 24.5 Å². The van der Waals surface area contributed by atoms with Crippen molar-refractivity contribution in [2.45, 2.75) is 32.7 Å². The van der Waals surface area contributed by atoms with Crippen LogP contribution in [0.1, 0.15) is 26.7 Å². The Hall–Kier alpha value is -0.610. The minimum Gasteiger partial charge on any atom is -0.348 e. The monoisotopic (exact) mass is 239 g/mol. The first-order chi connectivity index (χ1) is 7.75. The summed E-state index contributed by atoms with van der Waals surface area (Å²) in [4.78, 5) is 6.78. The number of anilines is 1. The zero-order valence-corrected chi connectivity index (χ0v) is 11.0. The molecule has 1 aliphatic heterocycles. The van der Waals surface area contributed by atoms with Crippen LogP contribution in [0.2, 0.25) is 0 Å². The highest BCUT2D eigenvalue weighted by atomic mass is 32.1. The van der Waals surface area contributed by atoms with Crippen LogP contribution in [0.15, 0.2) is 11.6 Å². The van der Waals surface area contributed by atoms with Crippen molar-refractivity contribution < 1.29 is 0 Å². The quantitative estimate of drug-likeness (QED) is 0.874. The van der Waals surface area contributed by atoms with Crippen molar-refractivity contribution in [1.82, 2.24) is 10.3 Å². The van der Waals surface area contributed by atoms with Gasteiger partial charge in [0.25, 0.3) is 0 Å². The van der Waals surface area contributed by atoms with Gasteiger partial charge in [-0.1, -0.05) is 13.8 Å². The average molecular weight is 239 g/mol. The van der Waals surface area contributed by atoms with Crippen LogP contribution >= 0.6 is 11.3 Å². The predicted octanol–water partition coefficient (Wildman–Crippen LogP) is 2.36. The van der Waals surface area contributed by atoms with E-state index >= 15 is 0 Å². The Morgan fingerprint density at radius 3 is 2.81 bits per heavy atom. The Labute approximate surface area is 102 Å². The average Bonchev–Trinajstić information content (AvgIpc) is 2.80. The Morgan fingerprint density at radius 2 is 2.25 bits per heavy atom. The lowest BCUT2D eigenvalue weighted by Crippen LogP contribution is -2.38. The molecule has 0 unspecified atom stereocenters. The van der Waals surface area contributed by atoms with Crippen LogP contribution in [0.3, 0.4) is 0 Å². The lowest BCUT2D eigenvalue weighted by molar-refractivity contribution is 0.370. The fraction of sp³-hybridized carbons (Fsp3) is 0.750. The molecule has 1 fully saturated rings. The van der Waals surface area contributed by atoms with Gasteiger partial charge in [-0.2, -0.15) is 0 Å². The van der Waals surface area contributed by atoms with E-state index in [4.69, 9.17) is 0 Å². The predicted molar refractivity (Wildman–Crippen MR) is 70.2 cm³/mol. The molecule has 16 heavy (non-hydrogen) atoms. The third-order valence-electron chi connectivity index (χ3n) is 3.12. The molecule has 0 amide bonds. The molecular weight excluding hydrogens is 218 g/mol. The highest BCUT2D eigenvalue weighted by molar-refractivity contribution is 7.13. The Bertz CT molecular complexity index is 289. The Balaban J connectivity index is 1.74. The fourth-order valence-electron chi connectivity index (χ4n) is 2.10. The van der Waals surface area contributed by atoms with Crippen LogP contribution < -0.4 is 10.2 Å². The van der Waals surface area contributed by atoms with Crippen LogP contribution in [-0.4, -0.2) is 30.7 Å². The second kappa shape index (κ2) is 5.64. The Morgan fingerprint density at radius 1 is 1.50 bits per heavy atom. The molecule has 3 nitrogen and oxygen atoms in total. The van der Waals surface area contributed by atoms with E-state index in [1.54, 1.807) is 11.3 Å². The van der Waals surface area contributed by atoms with Gasteiger partial charge in [-0.05, 0) is 25.3 Å². The van der Waals surface area contributed by atoms with Crippen LogP contribution in [0.4, 0.5) is 5.13 Å². The summed E-state index contributed by atoms with van der Waals surface area (Å²) in [6.07, 6.45) is 4.48. The number of thiazole rings is 1. The third kappa shape index (κ3) is 3.19. The van der Waals surface area contributed by atoms with Crippen molar-refractivity contribution in [3.05, 3.63) is 11.6 Å². The number of piperidine rings is 1. The van der Waals surface area contributed by atoms with E-state index < -0.39 is 0 Å². The summed E-state index contributed by atoms with van der Waals surface area (Å²) < 4.78 is 0. The molecule has 1 aromatic heterocycles. The van der Waals surface area contributed by atoms with E-state index in [9.17, 15) is 0 Å². The largest absolute Gasteiger partial charge is 0.348 e. The van der Waals surface area contributed by atoms with Gasteiger partial charge in [-0.15, -0.1) is 11.3 Å². The minimum absolute atomic E-state index is 0.608. The lowest BCUT2D eigenvalue weighted by atomic mass is 9.97. The topological polar surface area (TPSA) is 28.2 Å². The summed E-state index contributed by atoms with van der Waals surface area (Å²) in [6, 6.07) is 0.608. The molecule has 4 heteroatoms. The van der Waals surface area contributed by atoms with Crippen molar-refractivity contribution in [1.29, 1.82) is 0 Å². The van der Waals surface area contributed by atoms with Gasteiger partial charge in [0, 0.05) is 30.7 Å². The molecule has 0 aromatic carbocycles. The summed E-state index contributed by atoms with van der Waals surface area (Å²) in [5.41, 5.74) is 0. The van der Waals surface area contributed by atoms with Gasteiger partial charge in [-0.3, -0.25) is 0 Å². The van der Waals surface area contributed by atoms with Gasteiger partial charge in [0.1, 0.15) is 0 Å². The molecule has 2 rings (SSSR count). The van der Waals surface area contributed by atoms with E-state index in [0.717, 1.165) is 19.0 Å². The van der Waals surface area contributed by atoms with Crippen molar-refractivity contribution in [3.63, 3.8) is 0 Å². The maximum Gasteiger partial charge on any atom is 0.185 e. The van der Waals surface area contributed by atoms with Crippen LogP contribution in [-0.2, 0) is 0 Å². The van der Waals surface area contributed by atoms with Gasteiger partial charge >= 0.3 is 0 Å². The van der Waals surface area contributed by atoms with Gasteiger partial charge in [0.15, 0.2) is 5.13 Å². The first kappa shape index (κ1) is 11.9. The first-order valence-corrected chi connectivity index (χ1v) is 7.01. The van der Waals surface area contributed by atoms with E-state index in [2.05, 4.69) is 34.4 Å². The molecule has 90 valence electrons. The summed E-state index contributed by atoms with van der Waals surface area (Å²) >= 11 is 1.75. The second-order valence-corrected chi connectivity index (χ2v) is 5.68. The molecule has 0 atom stereocenters. The number of hydrogen-bond acceptors (Lipinski definition) is 4. The molecule has 0 radical (unpaired) electrons. The highest BCUT2D eigenvalue weighted by Gasteiger charge is 2.20. The second-order valence-electron chi connectivity index (χ2n) is 4.81. The first-order valence-electron chi connectivity index (χ1n) is 6.13. The maximum absolute atomic E-state index is 4.37.